The summed E-state index contributed by atoms with van der Waals surface area (Å²) < 4.78 is 5.30. The third-order valence-corrected chi connectivity index (χ3v) is 5.69. The molecule has 3 heteroatoms. The summed E-state index contributed by atoms with van der Waals surface area (Å²) in [6.07, 6.45) is 0. The summed E-state index contributed by atoms with van der Waals surface area (Å²) in [4.78, 5) is 3.01. The largest absolute Gasteiger partial charge is 0.496 e. The predicted molar refractivity (Wildman–Crippen MR) is 82.3 cm³/mol. The Bertz CT molecular complexity index is 540. The summed E-state index contributed by atoms with van der Waals surface area (Å²) in [5.41, 5.74) is 3.81. The van der Waals surface area contributed by atoms with Crippen LogP contribution >= 0.6 is 27.3 Å². The van der Waals surface area contributed by atoms with Crippen molar-refractivity contribution in [2.24, 2.45) is 0 Å². The minimum Gasteiger partial charge on any atom is -0.496 e. The van der Waals surface area contributed by atoms with Crippen molar-refractivity contribution < 1.29 is 4.74 Å². The fourth-order valence-corrected chi connectivity index (χ4v) is 3.70. The van der Waals surface area contributed by atoms with Crippen LogP contribution in [0.1, 0.15) is 31.3 Å². The first-order valence-electron chi connectivity index (χ1n) is 5.88. The molecule has 96 valence electrons. The van der Waals surface area contributed by atoms with Crippen LogP contribution in [-0.4, -0.2) is 7.11 Å². The normalized spacial score (nSPS) is 12.5. The van der Waals surface area contributed by atoms with Crippen molar-refractivity contribution in [1.82, 2.24) is 0 Å². The van der Waals surface area contributed by atoms with E-state index in [0.717, 1.165) is 5.75 Å². The Morgan fingerprint density at radius 3 is 2.33 bits per heavy atom. The van der Waals surface area contributed by atoms with Crippen LogP contribution in [0.15, 0.2) is 24.3 Å². The van der Waals surface area contributed by atoms with Crippen molar-refractivity contribution in [2.75, 3.05) is 7.11 Å². The minimum absolute atomic E-state index is 0.263. The quantitative estimate of drug-likeness (QED) is 0.708. The van der Waals surface area contributed by atoms with Crippen LogP contribution < -0.4 is 4.74 Å². The molecule has 0 fully saturated rings. The van der Waals surface area contributed by atoms with E-state index >= 15 is 0 Å². The molecule has 0 aliphatic carbocycles. The van der Waals surface area contributed by atoms with Gasteiger partial charge >= 0.3 is 0 Å². The molecule has 1 aromatic carbocycles. The number of hydrogen-bond acceptors (Lipinski definition) is 2. The number of thiophene rings is 1. The number of rotatable bonds is 3. The van der Waals surface area contributed by atoms with Gasteiger partial charge in [-0.15, -0.1) is 11.3 Å². The molecule has 0 aliphatic heterocycles. The van der Waals surface area contributed by atoms with E-state index < -0.39 is 0 Å². The average molecular weight is 325 g/mol. The summed E-state index contributed by atoms with van der Waals surface area (Å²) in [5, 5.41) is 0. The maximum absolute atomic E-state index is 5.30. The molecule has 1 nitrogen and oxygen atoms in total. The Kier molecular flexibility index (Phi) is 4.13. The zero-order valence-corrected chi connectivity index (χ0v) is 13.5. The molecule has 0 saturated carbocycles. The second kappa shape index (κ2) is 5.45. The van der Waals surface area contributed by atoms with Gasteiger partial charge in [0.05, 0.1) is 11.9 Å². The standard InChI is InChI=1S/C15H17BrOS/c1-9-8-14(18-11(9)3)15(16)12-5-6-13(17-4)10(2)7-12/h5-8,15H,1-4H3. The van der Waals surface area contributed by atoms with Gasteiger partial charge in [-0.05, 0) is 49.6 Å². The average Bonchev–Trinajstić information content (AvgIpc) is 2.68. The van der Waals surface area contributed by atoms with E-state index in [1.807, 2.05) is 17.4 Å². The van der Waals surface area contributed by atoms with E-state index in [9.17, 15) is 0 Å². The number of hydrogen-bond donors (Lipinski definition) is 0. The van der Waals surface area contributed by atoms with Gasteiger partial charge in [0.2, 0.25) is 0 Å². The van der Waals surface area contributed by atoms with E-state index in [1.54, 1.807) is 7.11 Å². The first kappa shape index (κ1) is 13.6. The number of ether oxygens (including phenoxy) is 1. The maximum Gasteiger partial charge on any atom is 0.121 e. The Morgan fingerprint density at radius 1 is 1.11 bits per heavy atom. The molecule has 1 heterocycles. The smallest absolute Gasteiger partial charge is 0.121 e. The Balaban J connectivity index is 2.33. The van der Waals surface area contributed by atoms with Crippen LogP contribution in [0.2, 0.25) is 0 Å². The molecule has 1 aromatic heterocycles. The fraction of sp³-hybridized carbons (Fsp3) is 0.333. The van der Waals surface area contributed by atoms with Crippen molar-refractivity contribution in [3.63, 3.8) is 0 Å². The van der Waals surface area contributed by atoms with E-state index in [0.29, 0.717) is 0 Å². The molecule has 0 aliphatic rings. The fourth-order valence-electron chi connectivity index (χ4n) is 1.95. The second-order valence-corrected chi connectivity index (χ2v) is 6.68. The molecular weight excluding hydrogens is 308 g/mol. The van der Waals surface area contributed by atoms with Crippen LogP contribution in [0.3, 0.4) is 0 Å². The lowest BCUT2D eigenvalue weighted by atomic mass is 10.1. The highest BCUT2D eigenvalue weighted by atomic mass is 79.9. The maximum atomic E-state index is 5.30. The summed E-state index contributed by atoms with van der Waals surface area (Å²) in [6.45, 7) is 6.41. The lowest BCUT2D eigenvalue weighted by Crippen LogP contribution is -1.93. The summed E-state index contributed by atoms with van der Waals surface area (Å²) in [7, 11) is 1.71. The van der Waals surface area contributed by atoms with Gasteiger partial charge in [0.25, 0.3) is 0 Å². The molecule has 0 saturated heterocycles. The Morgan fingerprint density at radius 2 is 1.83 bits per heavy atom. The molecule has 1 unspecified atom stereocenters. The number of alkyl halides is 1. The highest BCUT2D eigenvalue weighted by Gasteiger charge is 2.14. The van der Waals surface area contributed by atoms with Gasteiger partial charge in [0.15, 0.2) is 0 Å². The van der Waals surface area contributed by atoms with Crippen LogP contribution in [0.5, 0.6) is 5.75 Å². The van der Waals surface area contributed by atoms with Gasteiger partial charge in [-0.3, -0.25) is 0 Å². The molecule has 2 aromatic rings. The zero-order valence-electron chi connectivity index (χ0n) is 11.1. The third-order valence-electron chi connectivity index (χ3n) is 3.15. The summed E-state index contributed by atoms with van der Waals surface area (Å²) in [6, 6.07) is 8.60. The first-order valence-corrected chi connectivity index (χ1v) is 7.61. The predicted octanol–water partition coefficient (Wildman–Crippen LogP) is 5.17. The number of aryl methyl sites for hydroxylation is 3. The van der Waals surface area contributed by atoms with E-state index in [-0.39, 0.29) is 4.83 Å². The lowest BCUT2D eigenvalue weighted by molar-refractivity contribution is 0.411. The molecule has 1 atom stereocenters. The van der Waals surface area contributed by atoms with E-state index in [2.05, 4.69) is 54.9 Å². The van der Waals surface area contributed by atoms with Gasteiger partial charge in [-0.1, -0.05) is 28.1 Å². The number of methoxy groups -OCH3 is 1. The zero-order chi connectivity index (χ0) is 13.3. The Hall–Kier alpha value is -0.800. The van der Waals surface area contributed by atoms with Gasteiger partial charge < -0.3 is 4.74 Å². The SMILES string of the molecule is COc1ccc(C(Br)c2cc(C)c(C)s2)cc1C. The van der Waals surface area contributed by atoms with Gasteiger partial charge in [0, 0.05) is 9.75 Å². The van der Waals surface area contributed by atoms with Crippen molar-refractivity contribution in [1.29, 1.82) is 0 Å². The van der Waals surface area contributed by atoms with Crippen LogP contribution in [0, 0.1) is 20.8 Å². The van der Waals surface area contributed by atoms with Crippen LogP contribution in [0.25, 0.3) is 0 Å². The highest BCUT2D eigenvalue weighted by Crippen LogP contribution is 2.37. The summed E-state index contributed by atoms with van der Waals surface area (Å²) >= 11 is 5.65. The van der Waals surface area contributed by atoms with Crippen molar-refractivity contribution in [3.05, 3.63) is 50.7 Å². The molecule has 0 bridgehead atoms. The monoisotopic (exact) mass is 324 g/mol. The van der Waals surface area contributed by atoms with Gasteiger partial charge in [-0.2, -0.15) is 0 Å². The Labute approximate surface area is 121 Å². The molecule has 18 heavy (non-hydrogen) atoms. The van der Waals surface area contributed by atoms with Crippen molar-refractivity contribution in [3.8, 4) is 5.75 Å². The molecule has 0 amide bonds. The van der Waals surface area contributed by atoms with Crippen molar-refractivity contribution >= 4 is 27.3 Å². The summed E-state index contributed by atoms with van der Waals surface area (Å²) in [5.74, 6) is 0.942. The number of halogens is 1. The molecule has 0 radical (unpaired) electrons. The first-order chi connectivity index (χ1) is 8.52. The molecular formula is C15H17BrOS. The number of benzene rings is 1. The molecule has 2 rings (SSSR count). The molecule has 0 spiro atoms. The second-order valence-electron chi connectivity index (χ2n) is 4.48. The third kappa shape index (κ3) is 2.62. The lowest BCUT2D eigenvalue weighted by Gasteiger charge is -2.11. The van der Waals surface area contributed by atoms with Crippen molar-refractivity contribution in [2.45, 2.75) is 25.6 Å². The van der Waals surface area contributed by atoms with E-state index in [4.69, 9.17) is 4.74 Å². The van der Waals surface area contributed by atoms with Gasteiger partial charge in [0.1, 0.15) is 5.75 Å². The van der Waals surface area contributed by atoms with E-state index in [1.165, 1.54) is 26.4 Å². The van der Waals surface area contributed by atoms with Gasteiger partial charge in [-0.25, -0.2) is 0 Å². The van der Waals surface area contributed by atoms with Crippen LogP contribution in [-0.2, 0) is 0 Å². The highest BCUT2D eigenvalue weighted by molar-refractivity contribution is 9.09. The minimum atomic E-state index is 0.263. The molecule has 0 N–H and O–H groups in total. The van der Waals surface area contributed by atoms with Crippen LogP contribution in [0.4, 0.5) is 0 Å². The topological polar surface area (TPSA) is 9.23 Å².